The molecule has 1 aliphatic heterocycles. The van der Waals surface area contributed by atoms with Crippen LogP contribution in [0.3, 0.4) is 0 Å². The number of ether oxygens (including phenoxy) is 1. The van der Waals surface area contributed by atoms with Gasteiger partial charge in [0.15, 0.2) is 0 Å². The molecule has 1 aliphatic rings. The Hall–Kier alpha value is -2.53. The lowest BCUT2D eigenvalue weighted by molar-refractivity contribution is -0.132. The first-order valence-corrected chi connectivity index (χ1v) is 7.95. The summed E-state index contributed by atoms with van der Waals surface area (Å²) in [6.07, 6.45) is 3.68. The summed E-state index contributed by atoms with van der Waals surface area (Å²) in [6, 6.07) is 0. The van der Waals surface area contributed by atoms with Gasteiger partial charge in [0.25, 0.3) is 0 Å². The zero-order valence-corrected chi connectivity index (χ0v) is 16.3. The smallest absolute Gasteiger partial charge is 0.327 e. The standard InChI is InChI=1S/C6H14O3.3C3H4O2.C3H6O/c1-2-6(3-7,4-8)5-9;3*1-2-3(4)5;1-3-2-4-3/h7-9H,2-5H2,1H3;3*2H,1H2,(H,4,5);3H,2H2,1H3. The molecule has 0 aromatic rings. The van der Waals surface area contributed by atoms with E-state index in [2.05, 4.69) is 26.7 Å². The highest BCUT2D eigenvalue weighted by Gasteiger charge is 2.24. The highest BCUT2D eigenvalue weighted by Crippen LogP contribution is 2.18. The van der Waals surface area contributed by atoms with E-state index in [0.717, 1.165) is 24.8 Å². The van der Waals surface area contributed by atoms with Gasteiger partial charge in [0.1, 0.15) is 0 Å². The molecule has 164 valence electrons. The van der Waals surface area contributed by atoms with Crippen molar-refractivity contribution >= 4 is 17.9 Å². The third kappa shape index (κ3) is 34.7. The Balaban J connectivity index is -0.000000133. The molecule has 0 aliphatic carbocycles. The largest absolute Gasteiger partial charge is 0.478 e. The summed E-state index contributed by atoms with van der Waals surface area (Å²) in [5.41, 5.74) is -0.667. The van der Waals surface area contributed by atoms with Crippen molar-refractivity contribution in [3.05, 3.63) is 38.0 Å². The molecule has 0 radical (unpaired) electrons. The Morgan fingerprint density at radius 3 is 1.07 bits per heavy atom. The average Bonchev–Trinajstić information content (AvgIpc) is 3.48. The molecular weight excluding hydrogens is 376 g/mol. The summed E-state index contributed by atoms with van der Waals surface area (Å²) in [4.78, 5) is 27.8. The molecule has 1 unspecified atom stereocenters. The van der Waals surface area contributed by atoms with Gasteiger partial charge in [-0.15, -0.1) is 0 Å². The minimum atomic E-state index is -0.981. The SMILES string of the molecule is C=CC(=O)O.C=CC(=O)O.C=CC(=O)O.CC1CO1.CCC(CO)(CO)CO. The van der Waals surface area contributed by atoms with Gasteiger partial charge in [-0.1, -0.05) is 26.7 Å². The summed E-state index contributed by atoms with van der Waals surface area (Å²) >= 11 is 0. The van der Waals surface area contributed by atoms with Crippen molar-refractivity contribution < 1.29 is 49.8 Å². The van der Waals surface area contributed by atoms with Gasteiger partial charge in [-0.25, -0.2) is 14.4 Å². The second kappa shape index (κ2) is 22.5. The van der Waals surface area contributed by atoms with Crippen molar-refractivity contribution in [1.29, 1.82) is 0 Å². The number of carboxylic acids is 3. The van der Waals surface area contributed by atoms with Crippen molar-refractivity contribution in [2.24, 2.45) is 5.41 Å². The highest BCUT2D eigenvalue weighted by atomic mass is 16.6. The van der Waals surface area contributed by atoms with Gasteiger partial charge in [-0.2, -0.15) is 0 Å². The number of rotatable bonds is 7. The number of hydrogen-bond donors (Lipinski definition) is 6. The average molecular weight is 408 g/mol. The molecule has 0 amide bonds. The molecule has 1 fully saturated rings. The first-order chi connectivity index (χ1) is 12.9. The summed E-state index contributed by atoms with van der Waals surface area (Å²) in [5, 5.41) is 48.8. The van der Waals surface area contributed by atoms with Gasteiger partial charge < -0.3 is 35.4 Å². The number of aliphatic carboxylic acids is 3. The first-order valence-electron chi connectivity index (χ1n) is 7.95. The number of carboxylic acid groups (broad SMARTS) is 3. The zero-order valence-electron chi connectivity index (χ0n) is 16.3. The van der Waals surface area contributed by atoms with E-state index >= 15 is 0 Å². The van der Waals surface area contributed by atoms with Crippen LogP contribution < -0.4 is 0 Å². The Morgan fingerprint density at radius 2 is 1.07 bits per heavy atom. The minimum Gasteiger partial charge on any atom is -0.478 e. The fourth-order valence-corrected chi connectivity index (χ4v) is 0.582. The Labute approximate surface area is 164 Å². The van der Waals surface area contributed by atoms with E-state index in [1.165, 1.54) is 0 Å². The van der Waals surface area contributed by atoms with Gasteiger partial charge >= 0.3 is 17.9 Å². The maximum Gasteiger partial charge on any atom is 0.327 e. The third-order valence-electron chi connectivity index (χ3n) is 2.78. The fourth-order valence-electron chi connectivity index (χ4n) is 0.582. The van der Waals surface area contributed by atoms with E-state index in [1.54, 1.807) is 0 Å². The second-order valence-electron chi connectivity index (χ2n) is 5.10. The van der Waals surface area contributed by atoms with Gasteiger partial charge in [-0.3, -0.25) is 0 Å². The molecule has 28 heavy (non-hydrogen) atoms. The van der Waals surface area contributed by atoms with Crippen LogP contribution in [0.25, 0.3) is 0 Å². The summed E-state index contributed by atoms with van der Waals surface area (Å²) in [6.45, 7) is 13.3. The second-order valence-corrected chi connectivity index (χ2v) is 5.10. The zero-order chi connectivity index (χ0) is 23.2. The molecule has 0 saturated carbocycles. The van der Waals surface area contributed by atoms with Crippen LogP contribution in [-0.4, -0.2) is 81.1 Å². The van der Waals surface area contributed by atoms with Crippen LogP contribution in [0.15, 0.2) is 38.0 Å². The lowest BCUT2D eigenvalue weighted by Crippen LogP contribution is -2.32. The van der Waals surface area contributed by atoms with Gasteiger partial charge in [-0.05, 0) is 13.3 Å². The molecule has 0 aromatic carbocycles. The highest BCUT2D eigenvalue weighted by molar-refractivity contribution is 5.79. The van der Waals surface area contributed by atoms with E-state index in [0.29, 0.717) is 12.5 Å². The quantitative estimate of drug-likeness (QED) is 0.256. The monoisotopic (exact) mass is 408 g/mol. The molecule has 0 bridgehead atoms. The van der Waals surface area contributed by atoms with E-state index in [-0.39, 0.29) is 19.8 Å². The molecule has 10 heteroatoms. The van der Waals surface area contributed by atoms with Crippen LogP contribution in [0, 0.1) is 5.41 Å². The summed E-state index contributed by atoms with van der Waals surface area (Å²) < 4.78 is 4.71. The van der Waals surface area contributed by atoms with Gasteiger partial charge in [0.2, 0.25) is 0 Å². The number of aliphatic hydroxyl groups excluding tert-OH is 3. The molecular formula is C18H32O10. The molecule has 1 heterocycles. The summed E-state index contributed by atoms with van der Waals surface area (Å²) in [5.74, 6) is -2.94. The Morgan fingerprint density at radius 1 is 0.893 bits per heavy atom. The van der Waals surface area contributed by atoms with Crippen molar-refractivity contribution in [2.75, 3.05) is 26.4 Å². The van der Waals surface area contributed by atoms with E-state index in [4.69, 9.17) is 35.4 Å². The molecule has 1 atom stereocenters. The van der Waals surface area contributed by atoms with E-state index < -0.39 is 23.3 Å². The summed E-state index contributed by atoms with van der Waals surface area (Å²) in [7, 11) is 0. The van der Waals surface area contributed by atoms with Crippen LogP contribution in [-0.2, 0) is 19.1 Å². The minimum absolute atomic E-state index is 0.156. The van der Waals surface area contributed by atoms with Crippen molar-refractivity contribution in [3.63, 3.8) is 0 Å². The van der Waals surface area contributed by atoms with Crippen LogP contribution in [0.5, 0.6) is 0 Å². The Bertz CT molecular complexity index is 391. The third-order valence-corrected chi connectivity index (χ3v) is 2.78. The van der Waals surface area contributed by atoms with Gasteiger partial charge in [0.05, 0.1) is 32.5 Å². The van der Waals surface area contributed by atoms with Crippen molar-refractivity contribution in [1.82, 2.24) is 0 Å². The van der Waals surface area contributed by atoms with Crippen molar-refractivity contribution in [2.45, 2.75) is 26.4 Å². The van der Waals surface area contributed by atoms with Crippen LogP contribution >= 0.6 is 0 Å². The maximum absolute atomic E-state index is 9.25. The first kappa shape index (κ1) is 33.1. The van der Waals surface area contributed by atoms with Gasteiger partial charge in [0, 0.05) is 23.6 Å². The molecule has 1 rings (SSSR count). The van der Waals surface area contributed by atoms with Crippen LogP contribution in [0.2, 0.25) is 0 Å². The maximum atomic E-state index is 9.25. The molecule has 0 aromatic heterocycles. The molecule has 1 saturated heterocycles. The number of hydrogen-bond acceptors (Lipinski definition) is 7. The lowest BCUT2D eigenvalue weighted by Gasteiger charge is -2.24. The Kier molecular flexibility index (Phi) is 26.6. The number of aliphatic hydroxyl groups is 3. The predicted molar refractivity (Wildman–Crippen MR) is 103 cm³/mol. The number of epoxide rings is 1. The number of carbonyl (C=O) groups is 3. The van der Waals surface area contributed by atoms with E-state index in [9.17, 15) is 14.4 Å². The topological polar surface area (TPSA) is 185 Å². The molecule has 0 spiro atoms. The fraction of sp³-hybridized carbons (Fsp3) is 0.500. The van der Waals surface area contributed by atoms with Crippen molar-refractivity contribution in [3.8, 4) is 0 Å². The van der Waals surface area contributed by atoms with Crippen LogP contribution in [0.1, 0.15) is 20.3 Å². The van der Waals surface area contributed by atoms with E-state index in [1.807, 2.05) is 6.92 Å². The molecule has 10 nitrogen and oxygen atoms in total. The predicted octanol–water partition coefficient (Wildman–Crippen LogP) is 0.536. The van der Waals surface area contributed by atoms with Crippen LogP contribution in [0.4, 0.5) is 0 Å². The normalized spacial score (nSPS) is 13.0. The molecule has 6 N–H and O–H groups in total. The lowest BCUT2D eigenvalue weighted by atomic mass is 9.88.